The predicted octanol–water partition coefficient (Wildman–Crippen LogP) is 21.3. The minimum atomic E-state index is 0.591. The van der Waals surface area contributed by atoms with Gasteiger partial charge in [-0.05, 0) is 104 Å². The third-order valence-electron chi connectivity index (χ3n) is 13.1. The number of fused-ring (bicyclic) bond motifs is 6. The largest absolute Gasteiger partial charge is 0.489 e. The van der Waals surface area contributed by atoms with E-state index in [4.69, 9.17) is 9.47 Å². The van der Waals surface area contributed by atoms with Gasteiger partial charge in [-0.25, -0.2) is 0 Å². The Labute approximate surface area is 393 Å². The molecule has 0 saturated heterocycles. The highest BCUT2D eigenvalue weighted by atomic mass is 79.9. The Balaban J connectivity index is 1.54. The van der Waals surface area contributed by atoms with Gasteiger partial charge in [-0.1, -0.05) is 207 Å². The molecule has 60 heavy (non-hydrogen) atoms. The maximum atomic E-state index is 7.08. The lowest BCUT2D eigenvalue weighted by Gasteiger charge is -2.22. The molecule has 4 aromatic rings. The van der Waals surface area contributed by atoms with E-state index in [1.54, 1.807) is 0 Å². The molecule has 2 atom stereocenters. The smallest absolute Gasteiger partial charge is 0.161 e. The lowest BCUT2D eigenvalue weighted by atomic mass is 9.94. The molecule has 2 aromatic carbocycles. The van der Waals surface area contributed by atoms with Crippen LogP contribution in [0.1, 0.15) is 233 Å². The summed E-state index contributed by atoms with van der Waals surface area (Å²) in [5.74, 6) is 3.09. The third kappa shape index (κ3) is 19.1. The molecule has 0 N–H and O–H groups in total. The molecular weight excluding hydrogens is 905 g/mol. The van der Waals surface area contributed by atoms with Crippen LogP contribution < -0.4 is 9.47 Å². The number of unbranched alkanes of at least 4 members (excludes halogenated alkanes) is 24. The summed E-state index contributed by atoms with van der Waals surface area (Å²) in [5.41, 5.74) is 0. The average molecular weight is 991 g/mol. The summed E-state index contributed by atoms with van der Waals surface area (Å²) < 4.78 is 19.2. The molecular formula is C54H86Br2O2S2. The second kappa shape index (κ2) is 31.9. The van der Waals surface area contributed by atoms with E-state index in [2.05, 4.69) is 83.8 Å². The van der Waals surface area contributed by atoms with Crippen molar-refractivity contribution in [1.29, 1.82) is 0 Å². The molecule has 0 aliphatic carbocycles. The molecule has 2 aromatic heterocycles. The summed E-state index contributed by atoms with van der Waals surface area (Å²) in [6.07, 6.45) is 43.3. The van der Waals surface area contributed by atoms with Crippen LogP contribution in [-0.2, 0) is 0 Å². The Hall–Kier alpha value is -0.820. The van der Waals surface area contributed by atoms with Gasteiger partial charge >= 0.3 is 0 Å². The molecule has 2 unspecified atom stereocenters. The van der Waals surface area contributed by atoms with Crippen LogP contribution in [0.2, 0.25) is 0 Å². The Morgan fingerprint density at radius 2 is 0.633 bits per heavy atom. The van der Waals surface area contributed by atoms with Crippen molar-refractivity contribution >= 4 is 85.5 Å². The predicted molar refractivity (Wildman–Crippen MR) is 279 cm³/mol. The van der Waals surface area contributed by atoms with Gasteiger partial charge in [-0.2, -0.15) is 0 Å². The monoisotopic (exact) mass is 988 g/mol. The molecule has 0 amide bonds. The molecule has 0 aliphatic heterocycles. The summed E-state index contributed by atoms with van der Waals surface area (Å²) in [4.78, 5) is 0. The highest BCUT2D eigenvalue weighted by Crippen LogP contribution is 2.48. The van der Waals surface area contributed by atoms with Crippen molar-refractivity contribution in [1.82, 2.24) is 0 Å². The van der Waals surface area contributed by atoms with E-state index in [1.165, 1.54) is 244 Å². The Bertz CT molecular complexity index is 1570. The van der Waals surface area contributed by atoms with Gasteiger partial charge in [0.2, 0.25) is 0 Å². The topological polar surface area (TPSA) is 18.5 Å². The lowest BCUT2D eigenvalue weighted by molar-refractivity contribution is 0.192. The number of halogens is 2. The highest BCUT2D eigenvalue weighted by molar-refractivity contribution is 9.11. The first-order valence-corrected chi connectivity index (χ1v) is 28.7. The number of ether oxygens (including phenoxy) is 2. The first-order valence-electron chi connectivity index (χ1n) is 25.5. The lowest BCUT2D eigenvalue weighted by Crippen LogP contribution is -2.15. The van der Waals surface area contributed by atoms with Crippen molar-refractivity contribution in [2.75, 3.05) is 13.2 Å². The van der Waals surface area contributed by atoms with Crippen LogP contribution in [0, 0.1) is 11.8 Å². The van der Waals surface area contributed by atoms with E-state index in [9.17, 15) is 0 Å². The molecule has 0 saturated carbocycles. The van der Waals surface area contributed by atoms with Gasteiger partial charge in [0.15, 0.2) is 11.5 Å². The first kappa shape index (κ1) is 51.8. The molecule has 2 heterocycles. The minimum absolute atomic E-state index is 0.591. The Kier molecular flexibility index (Phi) is 27.6. The van der Waals surface area contributed by atoms with Gasteiger partial charge in [-0.15, -0.1) is 22.7 Å². The second-order valence-corrected chi connectivity index (χ2v) is 23.3. The Morgan fingerprint density at radius 3 is 0.917 bits per heavy atom. The number of hydrogen-bond acceptors (Lipinski definition) is 4. The maximum Gasteiger partial charge on any atom is 0.161 e. The van der Waals surface area contributed by atoms with Crippen LogP contribution in [0.25, 0.3) is 30.9 Å². The van der Waals surface area contributed by atoms with Crippen LogP contribution in [0.15, 0.2) is 31.8 Å². The van der Waals surface area contributed by atoms with E-state index in [-0.39, 0.29) is 0 Å². The summed E-state index contributed by atoms with van der Waals surface area (Å²) in [5, 5.41) is 5.20. The number of hydrogen-bond donors (Lipinski definition) is 0. The van der Waals surface area contributed by atoms with Crippen LogP contribution in [0.4, 0.5) is 0 Å². The number of thiophene rings is 2. The van der Waals surface area contributed by atoms with Gasteiger partial charge in [0.1, 0.15) is 0 Å². The van der Waals surface area contributed by atoms with E-state index in [0.717, 1.165) is 24.7 Å². The maximum absolute atomic E-state index is 7.08. The standard InChI is InChI=1S/C54H86Br2O2S2/c1-5-9-13-17-21-23-27-31-35-43(33-29-25-19-15-11-7-3)41-57-49-37-45-46(48-40-52(56)60-54(48)53-47(45)39-51(55)59-53)38-50(49)58-42-44(34-30-26-20-16-12-8-4)36-32-28-24-22-18-14-10-6-2/h37-40,43-44H,5-36,41-42H2,1-4H3. The van der Waals surface area contributed by atoms with Gasteiger partial charge in [-0.3, -0.25) is 0 Å². The van der Waals surface area contributed by atoms with E-state index < -0.39 is 0 Å². The molecule has 4 rings (SSSR count). The fourth-order valence-electron chi connectivity index (χ4n) is 9.29. The van der Waals surface area contributed by atoms with Gasteiger partial charge in [0, 0.05) is 10.8 Å². The zero-order valence-corrected chi connectivity index (χ0v) is 43.7. The fourth-order valence-corrected chi connectivity index (χ4v) is 12.7. The van der Waals surface area contributed by atoms with E-state index in [0.29, 0.717) is 11.8 Å². The molecule has 0 fully saturated rings. The molecule has 0 bridgehead atoms. The summed E-state index contributed by atoms with van der Waals surface area (Å²) in [7, 11) is 0. The van der Waals surface area contributed by atoms with Gasteiger partial charge in [0.05, 0.1) is 30.2 Å². The van der Waals surface area contributed by atoms with Crippen LogP contribution >= 0.6 is 54.5 Å². The number of rotatable bonds is 38. The quantitative estimate of drug-likeness (QED) is 0.0417. The highest BCUT2D eigenvalue weighted by Gasteiger charge is 2.20. The van der Waals surface area contributed by atoms with Crippen molar-refractivity contribution < 1.29 is 9.47 Å². The van der Waals surface area contributed by atoms with Crippen molar-refractivity contribution in [2.24, 2.45) is 11.8 Å². The SMILES string of the molecule is CCCCCCCCCCC(CCCCCCCC)COc1cc2c(cc1OCC(CCCCCCCC)CCCCCCCCCC)c1cc(Br)sc1c1sc(Br)cc21. The van der Waals surface area contributed by atoms with Crippen LogP contribution in [0.3, 0.4) is 0 Å². The normalized spacial score (nSPS) is 13.0. The first-order chi connectivity index (χ1) is 29.5. The molecule has 0 aliphatic rings. The van der Waals surface area contributed by atoms with Gasteiger partial charge in [0.25, 0.3) is 0 Å². The third-order valence-corrected chi connectivity index (χ3v) is 16.5. The van der Waals surface area contributed by atoms with Crippen molar-refractivity contribution in [3.05, 3.63) is 31.8 Å². The molecule has 340 valence electrons. The zero-order chi connectivity index (χ0) is 42.6. The van der Waals surface area contributed by atoms with Crippen LogP contribution in [-0.4, -0.2) is 13.2 Å². The van der Waals surface area contributed by atoms with Crippen molar-refractivity contribution in [2.45, 2.75) is 233 Å². The minimum Gasteiger partial charge on any atom is -0.489 e. The average Bonchev–Trinajstić information content (AvgIpc) is 3.84. The summed E-state index contributed by atoms with van der Waals surface area (Å²) >= 11 is 11.4. The van der Waals surface area contributed by atoms with Crippen molar-refractivity contribution in [3.63, 3.8) is 0 Å². The van der Waals surface area contributed by atoms with E-state index >= 15 is 0 Å². The molecule has 0 radical (unpaired) electrons. The summed E-state index contributed by atoms with van der Waals surface area (Å²) in [6.45, 7) is 10.8. The molecule has 6 heteroatoms. The fraction of sp³-hybridized carbons (Fsp3) is 0.741. The van der Waals surface area contributed by atoms with Crippen LogP contribution in [0.5, 0.6) is 11.5 Å². The van der Waals surface area contributed by atoms with Crippen molar-refractivity contribution in [3.8, 4) is 11.5 Å². The second-order valence-electron chi connectivity index (χ2n) is 18.4. The Morgan fingerprint density at radius 1 is 0.367 bits per heavy atom. The number of benzene rings is 2. The molecule has 2 nitrogen and oxygen atoms in total. The van der Waals surface area contributed by atoms with Gasteiger partial charge < -0.3 is 9.47 Å². The zero-order valence-electron chi connectivity index (χ0n) is 38.9. The van der Waals surface area contributed by atoms with E-state index in [1.807, 2.05) is 22.7 Å². The summed E-state index contributed by atoms with van der Waals surface area (Å²) in [6, 6.07) is 9.36. The molecule has 0 spiro atoms.